The van der Waals surface area contributed by atoms with Crippen LogP contribution >= 0.6 is 11.6 Å². The molecule has 4 aromatic rings. The highest BCUT2D eigenvalue weighted by molar-refractivity contribution is 6.61. The lowest BCUT2D eigenvalue weighted by atomic mass is 10.1. The molecule has 5 N–H and O–H groups in total. The average molecular weight is 893 g/mol. The summed E-state index contributed by atoms with van der Waals surface area (Å²) in [5, 5.41) is 22.8. The van der Waals surface area contributed by atoms with Crippen molar-refractivity contribution in [3.8, 4) is 0 Å². The topological polar surface area (TPSA) is 243 Å². The fourth-order valence-corrected chi connectivity index (χ4v) is 5.63. The van der Waals surface area contributed by atoms with Crippen LogP contribution in [0.3, 0.4) is 0 Å². The predicted octanol–water partition coefficient (Wildman–Crippen LogP) is 4.27. The van der Waals surface area contributed by atoms with E-state index >= 15 is 0 Å². The molecule has 0 saturated carbocycles. The minimum absolute atomic E-state index is 0.00694. The molecule has 4 atom stereocenters. The van der Waals surface area contributed by atoms with E-state index in [4.69, 9.17) is 41.0 Å². The molecular weight excluding hydrogens is 844 g/mol. The summed E-state index contributed by atoms with van der Waals surface area (Å²) in [5.41, 5.74) is 8.15. The molecule has 2 aliphatic rings. The van der Waals surface area contributed by atoms with Crippen molar-refractivity contribution in [2.45, 2.75) is 50.7 Å². The number of carbonyl (C=O) groups excluding carboxylic acids is 6. The van der Waals surface area contributed by atoms with Crippen LogP contribution in [0.5, 0.6) is 0 Å². The van der Waals surface area contributed by atoms with Gasteiger partial charge in [-0.15, -0.1) is 0 Å². The smallest absolute Gasteiger partial charge is 0.410 e. The first-order valence-corrected chi connectivity index (χ1v) is 20.0. The fourth-order valence-electron chi connectivity index (χ4n) is 5.57. The fraction of sp³-hybridized carbons (Fsp3) is 0.318. The number of ether oxygens (including phenoxy) is 6. The largest absolute Gasteiger partial charge is 0.460 e. The van der Waals surface area contributed by atoms with Gasteiger partial charge in [0.1, 0.15) is 51.8 Å². The Hall–Kier alpha value is -6.73. The summed E-state index contributed by atoms with van der Waals surface area (Å²) >= 11 is 4.97. The standard InChI is InChI=1S/C22H24N2O7.C14H18N2O5.C8H7ClO2/c25-18(13-24-11-12-29-22(24)28)19(20(26)30-14-16-7-3-1-4-8-16)23-21(27)31-15-17-9-5-2-6-10-17;15-12(11(17)8-16-6-7-20-14(16)19)13(18)21-9-10-4-2-1-3-5-10;9-8(10)11-6-7-4-2-1-3-5-7/h1-10,18-19,25H,11-15H2,(H,23,27);1-5,11-12,17H,6-9,15H2;1-5H,6H2/t18-,19-;11-,12-;/m00./s1. The Kier molecular flexibility index (Phi) is 20.6. The van der Waals surface area contributed by atoms with Crippen LogP contribution in [0.4, 0.5) is 19.2 Å². The second-order valence-corrected chi connectivity index (χ2v) is 14.0. The molecule has 336 valence electrons. The Morgan fingerprint density at radius 2 is 0.952 bits per heavy atom. The number of aliphatic hydroxyl groups excluding tert-OH is 2. The summed E-state index contributed by atoms with van der Waals surface area (Å²) in [4.78, 5) is 72.3. The molecule has 0 spiro atoms. The number of amides is 3. The average Bonchev–Trinajstić information content (AvgIpc) is 3.91. The highest BCUT2D eigenvalue weighted by Crippen LogP contribution is 2.11. The molecule has 0 aliphatic carbocycles. The van der Waals surface area contributed by atoms with Gasteiger partial charge in [-0.05, 0) is 22.3 Å². The monoisotopic (exact) mass is 892 g/mol. The second-order valence-electron chi connectivity index (χ2n) is 13.7. The predicted molar refractivity (Wildman–Crippen MR) is 224 cm³/mol. The van der Waals surface area contributed by atoms with E-state index in [1.807, 2.05) is 72.8 Å². The Morgan fingerprint density at radius 1 is 0.587 bits per heavy atom. The number of halogens is 1. The quantitative estimate of drug-likeness (QED) is 0.0657. The number of nitrogens with two attached hydrogens (primary N) is 1. The maximum Gasteiger partial charge on any atom is 0.410 e. The van der Waals surface area contributed by atoms with E-state index < -0.39 is 59.9 Å². The number of nitrogens with zero attached hydrogens (tertiary/aromatic N) is 2. The second kappa shape index (κ2) is 26.6. The number of carbonyl (C=O) groups is 6. The summed E-state index contributed by atoms with van der Waals surface area (Å²) in [7, 11) is 0. The lowest BCUT2D eigenvalue weighted by molar-refractivity contribution is -0.151. The number of alkyl carbamates (subject to hydrolysis) is 1. The number of β-amino-alcohol motifs (C(OH)–C–C–N with tert-alkyl or cyclic N) is 2. The molecule has 19 heteroatoms. The third-order valence-corrected chi connectivity index (χ3v) is 9.07. The number of benzene rings is 4. The molecule has 4 aromatic carbocycles. The van der Waals surface area contributed by atoms with Crippen molar-refractivity contribution in [1.82, 2.24) is 15.1 Å². The van der Waals surface area contributed by atoms with E-state index in [1.54, 1.807) is 48.5 Å². The van der Waals surface area contributed by atoms with Crippen molar-refractivity contribution in [1.29, 1.82) is 0 Å². The van der Waals surface area contributed by atoms with Crippen LogP contribution in [-0.2, 0) is 64.4 Å². The highest BCUT2D eigenvalue weighted by atomic mass is 35.5. The van der Waals surface area contributed by atoms with Crippen molar-refractivity contribution in [3.05, 3.63) is 144 Å². The summed E-state index contributed by atoms with van der Waals surface area (Å²) < 4.78 is 29.6. The third-order valence-electron chi connectivity index (χ3n) is 8.96. The van der Waals surface area contributed by atoms with Gasteiger partial charge in [0.05, 0.1) is 32.3 Å². The lowest BCUT2D eigenvalue weighted by Gasteiger charge is -2.25. The summed E-state index contributed by atoms with van der Waals surface area (Å²) in [6.45, 7) is 1.16. The summed E-state index contributed by atoms with van der Waals surface area (Å²) in [6.07, 6.45) is -4.62. The van der Waals surface area contributed by atoms with Crippen molar-refractivity contribution >= 4 is 47.2 Å². The minimum atomic E-state index is -1.43. The SMILES string of the molecule is N[C@H](C(=O)OCc1ccccc1)[C@@H](O)CN1CCOC1=O.O=C(Cl)OCc1ccccc1.O=C(N[C@H](C(=O)OCc1ccccc1)[C@@H](O)CN1CCOC1=O)OCc1ccccc1. The zero-order valence-corrected chi connectivity index (χ0v) is 34.8. The lowest BCUT2D eigenvalue weighted by Crippen LogP contribution is -2.53. The van der Waals surface area contributed by atoms with E-state index in [1.165, 1.54) is 9.80 Å². The summed E-state index contributed by atoms with van der Waals surface area (Å²) in [5.74, 6) is -1.56. The van der Waals surface area contributed by atoms with Crippen LogP contribution < -0.4 is 11.1 Å². The van der Waals surface area contributed by atoms with E-state index in [2.05, 4.69) is 10.1 Å². The molecule has 2 aliphatic heterocycles. The molecule has 0 radical (unpaired) electrons. The van der Waals surface area contributed by atoms with E-state index in [0.29, 0.717) is 6.54 Å². The number of esters is 2. The van der Waals surface area contributed by atoms with Gasteiger partial charge >= 0.3 is 35.6 Å². The third kappa shape index (κ3) is 18.0. The number of nitrogens with one attached hydrogen (secondary N) is 1. The molecule has 0 aromatic heterocycles. The van der Waals surface area contributed by atoms with Gasteiger partial charge in [0.2, 0.25) is 0 Å². The van der Waals surface area contributed by atoms with E-state index in [9.17, 15) is 39.0 Å². The van der Waals surface area contributed by atoms with Gasteiger partial charge in [-0.2, -0.15) is 0 Å². The van der Waals surface area contributed by atoms with Crippen LogP contribution in [0.15, 0.2) is 121 Å². The first-order chi connectivity index (χ1) is 30.4. The van der Waals surface area contributed by atoms with Gasteiger partial charge in [0.15, 0.2) is 6.04 Å². The van der Waals surface area contributed by atoms with Crippen LogP contribution in [-0.4, -0.2) is 119 Å². The number of cyclic esters (lactones) is 2. The molecule has 0 unspecified atom stereocenters. The van der Waals surface area contributed by atoms with Crippen LogP contribution in [0.2, 0.25) is 0 Å². The number of rotatable bonds is 17. The minimum Gasteiger partial charge on any atom is -0.460 e. The van der Waals surface area contributed by atoms with Gasteiger partial charge in [-0.1, -0.05) is 121 Å². The van der Waals surface area contributed by atoms with Gasteiger partial charge in [-0.25, -0.2) is 24.0 Å². The van der Waals surface area contributed by atoms with Crippen molar-refractivity contribution in [2.75, 3.05) is 39.4 Å². The molecule has 6 rings (SSSR count). The maximum atomic E-state index is 12.6. The number of hydrogen-bond acceptors (Lipinski definition) is 15. The zero-order chi connectivity index (χ0) is 45.4. The van der Waals surface area contributed by atoms with Crippen LogP contribution in [0.25, 0.3) is 0 Å². The first-order valence-electron chi connectivity index (χ1n) is 19.6. The number of aliphatic hydroxyl groups is 2. The molecule has 2 fully saturated rings. The normalized spacial score (nSPS) is 14.7. The Balaban J connectivity index is 0.000000233. The van der Waals surface area contributed by atoms with E-state index in [-0.39, 0.29) is 59.3 Å². The molecule has 2 saturated heterocycles. The van der Waals surface area contributed by atoms with Gasteiger partial charge < -0.3 is 59.5 Å². The highest BCUT2D eigenvalue weighted by Gasteiger charge is 2.35. The molecule has 2 heterocycles. The van der Waals surface area contributed by atoms with Gasteiger partial charge in [-0.3, -0.25) is 4.79 Å². The maximum absolute atomic E-state index is 12.6. The number of hydrogen-bond donors (Lipinski definition) is 4. The van der Waals surface area contributed by atoms with E-state index in [0.717, 1.165) is 22.3 Å². The van der Waals surface area contributed by atoms with Crippen LogP contribution in [0.1, 0.15) is 22.3 Å². The first kappa shape index (κ1) is 48.9. The Bertz CT molecular complexity index is 2040. The molecule has 63 heavy (non-hydrogen) atoms. The molecular formula is C44H49ClN4O14. The zero-order valence-electron chi connectivity index (χ0n) is 34.1. The summed E-state index contributed by atoms with van der Waals surface area (Å²) in [6, 6.07) is 33.9. The van der Waals surface area contributed by atoms with Crippen molar-refractivity contribution in [2.24, 2.45) is 5.73 Å². The van der Waals surface area contributed by atoms with Gasteiger partial charge in [0, 0.05) is 11.6 Å². The molecule has 18 nitrogen and oxygen atoms in total. The van der Waals surface area contributed by atoms with Crippen LogP contribution in [0, 0.1) is 0 Å². The Labute approximate surface area is 368 Å². The van der Waals surface area contributed by atoms with Gasteiger partial charge in [0.25, 0.3) is 0 Å². The Morgan fingerprint density at radius 3 is 1.33 bits per heavy atom. The molecule has 0 bridgehead atoms. The molecule has 3 amide bonds. The van der Waals surface area contributed by atoms with Crippen molar-refractivity contribution in [3.63, 3.8) is 0 Å². The van der Waals surface area contributed by atoms with Crippen molar-refractivity contribution < 1.29 is 67.4 Å².